The summed E-state index contributed by atoms with van der Waals surface area (Å²) in [6.45, 7) is 26.7. The largest absolute Gasteiger partial charge is 0.457 e. The number of hydrogen-bond acceptors (Lipinski definition) is 17. The van der Waals surface area contributed by atoms with Gasteiger partial charge < -0.3 is 86.7 Å². The number of hydrogen-bond donors (Lipinski definition) is 9. The highest BCUT2D eigenvalue weighted by Gasteiger charge is 2.46. The van der Waals surface area contributed by atoms with Crippen molar-refractivity contribution in [3.8, 4) is 11.5 Å². The SMILES string of the molecule is CC[C@@H]1NC(=O)[C@H]([C@H](O)[C@H](C)CCCC(=O)NCCNC(=O)c2cc(Oc3ccc(NC(=O)Nc4ccc(Cl)c(C(F)(F)F)c4)cc3)ccn2)N(C)C(=O)[C@H](C(C)C)N(C)C(=O)[C@H](CC(C)C)N(C)C(=O)[C@H](CC(C)C)N(C)C(=O)[C@@H](C)NC(=O)[C@H](C)NC(=O)[C@H](CC(C)C)N(C)C(=O)[C@H](C(C)C)NC(=O)[C@H](CC(C)C)N(C)C(=O)CN(C)C1=O. The van der Waals surface area contributed by atoms with Crippen LogP contribution in [0.5, 0.6) is 11.5 Å². The third kappa shape index (κ3) is 29.6. The van der Waals surface area contributed by atoms with Gasteiger partial charge in [0.15, 0.2) is 0 Å². The van der Waals surface area contributed by atoms with Gasteiger partial charge in [0.25, 0.3) is 5.91 Å². The Balaban J connectivity index is 1.66. The van der Waals surface area contributed by atoms with E-state index < -0.39 is 190 Å². The van der Waals surface area contributed by atoms with Gasteiger partial charge in [0.05, 0.1) is 23.2 Å². The summed E-state index contributed by atoms with van der Waals surface area (Å²) < 4.78 is 46.0. The summed E-state index contributed by atoms with van der Waals surface area (Å²) >= 11 is 5.69. The molecule has 12 atom stereocenters. The quantitative estimate of drug-likeness (QED) is 0.0370. The zero-order valence-corrected chi connectivity index (χ0v) is 74.4. The summed E-state index contributed by atoms with van der Waals surface area (Å²) in [5, 5.41) is 33.2. The standard InChI is InChI=1S/C84H128ClF3N16O16/c1-24-60-78(114)98(17)44-67(106)99(18)62(38-45(2)3)75(111)97-68(49(10)11)81(117)100(19)63(39-46(4)5)74(110)92-52(15)72(108)93-53(16)77(113)101(20)64(40-47(6)7)79(115)102(21)65(41-48(8)9)80(116)103(22)69(50(12)13)82(118)104(23)70(76(112)96-60)71(107)51(14)26-25-27-66(105)90-36-37-91-73(109)61-43-57(34-35-89-61)120-56-31-28-54(29-32-56)94-83(119)95-55-30-33-59(85)58(42-55)84(86,87)88/h28-35,42-43,45-53,60,62-65,68-71,107H,24-27,36-41,44H2,1-23H3,(H,90,105)(H,91,109)(H,92,110)(H,93,108)(H,96,112)(H,97,111)(H2,94,95,119)/t51-,52+,53-,60+,62+,63+,64+,65+,68+,69+,70+,71-/m1/s1. The van der Waals surface area contributed by atoms with Crippen LogP contribution in [0.15, 0.2) is 60.8 Å². The number of aliphatic hydroxyl groups is 1. The number of benzene rings is 2. The molecule has 2 aromatic carbocycles. The van der Waals surface area contributed by atoms with Crippen LogP contribution >= 0.6 is 11.6 Å². The fourth-order valence-corrected chi connectivity index (χ4v) is 14.2. The maximum absolute atomic E-state index is 15.5. The summed E-state index contributed by atoms with van der Waals surface area (Å²) in [6, 6.07) is -2.42. The van der Waals surface area contributed by atoms with Crippen molar-refractivity contribution >= 4 is 106 Å². The van der Waals surface area contributed by atoms with Gasteiger partial charge in [-0.25, -0.2) is 4.79 Å². The van der Waals surface area contributed by atoms with Crippen LogP contribution < -0.4 is 47.3 Å². The third-order valence-corrected chi connectivity index (χ3v) is 21.3. The van der Waals surface area contributed by atoms with E-state index in [1.54, 1.807) is 41.5 Å². The normalized spacial score (nSPS) is 22.3. The first-order valence-corrected chi connectivity index (χ1v) is 41.2. The first-order chi connectivity index (χ1) is 55.8. The van der Waals surface area contributed by atoms with E-state index in [0.29, 0.717) is 6.07 Å². The van der Waals surface area contributed by atoms with Gasteiger partial charge in [-0.3, -0.25) is 67.3 Å². The second-order valence-corrected chi connectivity index (χ2v) is 34.0. The maximum atomic E-state index is 15.5. The van der Waals surface area contributed by atoms with E-state index in [4.69, 9.17) is 16.3 Å². The second kappa shape index (κ2) is 46.6. The number of urea groups is 1. The first-order valence-electron chi connectivity index (χ1n) is 40.8. The fourth-order valence-electron chi connectivity index (χ4n) is 14.0. The molecule has 0 aliphatic carbocycles. The van der Waals surface area contributed by atoms with Gasteiger partial charge in [-0.2, -0.15) is 13.2 Å². The average Bonchev–Trinajstić information content (AvgIpc) is 0.801. The highest BCUT2D eigenvalue weighted by molar-refractivity contribution is 6.31. The van der Waals surface area contributed by atoms with Gasteiger partial charge in [-0.1, -0.05) is 109 Å². The minimum absolute atomic E-state index is 0.0339. The number of amides is 15. The molecule has 9 N–H and O–H groups in total. The van der Waals surface area contributed by atoms with Gasteiger partial charge >= 0.3 is 12.2 Å². The van der Waals surface area contributed by atoms with E-state index in [0.717, 1.165) is 20.8 Å². The minimum Gasteiger partial charge on any atom is -0.457 e. The highest BCUT2D eigenvalue weighted by atomic mass is 35.5. The molecule has 1 saturated heterocycles. The van der Waals surface area contributed by atoms with Gasteiger partial charge in [0, 0.05) is 92.5 Å². The van der Waals surface area contributed by atoms with E-state index in [1.807, 2.05) is 55.4 Å². The number of halogens is 4. The Morgan fingerprint density at radius 3 is 1.57 bits per heavy atom. The molecule has 0 saturated carbocycles. The second-order valence-electron chi connectivity index (χ2n) is 33.6. The Labute approximate surface area is 708 Å². The van der Waals surface area contributed by atoms with E-state index in [1.165, 1.54) is 131 Å². The smallest absolute Gasteiger partial charge is 0.417 e. The molecule has 0 bridgehead atoms. The van der Waals surface area contributed by atoms with E-state index in [-0.39, 0.29) is 117 Å². The Morgan fingerprint density at radius 2 is 1.03 bits per heavy atom. The number of aliphatic hydroxyl groups excluding tert-OH is 1. The first kappa shape index (κ1) is 102. The number of likely N-dealkylation sites (N-methyl/N-ethyl adjacent to an activating group) is 7. The molecule has 0 unspecified atom stereocenters. The van der Waals surface area contributed by atoms with E-state index >= 15 is 19.2 Å². The summed E-state index contributed by atoms with van der Waals surface area (Å²) in [5.74, 6) is -11.8. The van der Waals surface area contributed by atoms with Gasteiger partial charge in [0.2, 0.25) is 70.9 Å². The zero-order valence-electron chi connectivity index (χ0n) is 73.6. The van der Waals surface area contributed by atoms with Gasteiger partial charge in [-0.15, -0.1) is 0 Å². The van der Waals surface area contributed by atoms with E-state index in [9.17, 15) is 66.2 Å². The molecule has 4 rings (SSSR count). The molecule has 32 nitrogen and oxygen atoms in total. The third-order valence-electron chi connectivity index (χ3n) is 21.0. The Morgan fingerprint density at radius 1 is 0.542 bits per heavy atom. The number of aromatic nitrogens is 1. The Bertz CT molecular complexity index is 4060. The molecule has 0 radical (unpaired) electrons. The zero-order chi connectivity index (χ0) is 91.0. The molecule has 3 aromatic rings. The van der Waals surface area contributed by atoms with Crippen molar-refractivity contribution in [1.82, 2.24) is 71.2 Å². The van der Waals surface area contributed by atoms with Crippen LogP contribution in [-0.4, -0.2) is 263 Å². The number of alkyl halides is 3. The van der Waals surface area contributed by atoms with Crippen LogP contribution in [0.3, 0.4) is 0 Å². The van der Waals surface area contributed by atoms with Crippen molar-refractivity contribution in [1.29, 1.82) is 0 Å². The molecule has 120 heavy (non-hydrogen) atoms. The molecule has 668 valence electrons. The number of nitrogens with one attached hydrogen (secondary N) is 8. The Kier molecular flexibility index (Phi) is 39.6. The topological polar surface area (TPSA) is 400 Å². The molecule has 1 fully saturated rings. The number of pyridine rings is 1. The van der Waals surface area contributed by atoms with Gasteiger partial charge in [0.1, 0.15) is 77.6 Å². The summed E-state index contributed by atoms with van der Waals surface area (Å²) in [7, 11) is 9.57. The lowest BCUT2D eigenvalue weighted by Crippen LogP contribution is -2.63. The lowest BCUT2D eigenvalue weighted by Gasteiger charge is -2.41. The van der Waals surface area contributed by atoms with Crippen LogP contribution in [0.1, 0.15) is 178 Å². The average molecular weight is 1710 g/mol. The van der Waals surface area contributed by atoms with Crippen LogP contribution in [0, 0.1) is 41.4 Å². The summed E-state index contributed by atoms with van der Waals surface area (Å²) in [6.07, 6.45) is -4.79. The number of ether oxygens (including phenoxy) is 1. The van der Waals surface area contributed by atoms with Crippen molar-refractivity contribution in [2.45, 2.75) is 235 Å². The maximum Gasteiger partial charge on any atom is 0.417 e. The van der Waals surface area contributed by atoms with Crippen molar-refractivity contribution in [2.24, 2.45) is 41.4 Å². The molecule has 0 spiro atoms. The van der Waals surface area contributed by atoms with Crippen molar-refractivity contribution in [3.63, 3.8) is 0 Å². The predicted molar refractivity (Wildman–Crippen MR) is 448 cm³/mol. The number of nitrogens with zero attached hydrogens (tertiary/aromatic N) is 8. The van der Waals surface area contributed by atoms with Crippen molar-refractivity contribution < 1.29 is 90.1 Å². The van der Waals surface area contributed by atoms with Crippen LogP contribution in [0.4, 0.5) is 29.3 Å². The number of anilines is 2. The molecule has 36 heteroatoms. The molecule has 15 amide bonds. The molecule has 1 aliphatic rings. The fraction of sp³-hybridized carbons (Fsp3) is 0.631. The van der Waals surface area contributed by atoms with Gasteiger partial charge in [-0.05, 0) is 149 Å². The molecule has 1 aliphatic heterocycles. The molecule has 2 heterocycles. The van der Waals surface area contributed by atoms with Crippen molar-refractivity contribution in [2.75, 3.05) is 79.6 Å². The Hall–Kier alpha value is -10.2. The van der Waals surface area contributed by atoms with E-state index in [2.05, 4.69) is 47.5 Å². The lowest BCUT2D eigenvalue weighted by molar-refractivity contribution is -0.157. The molecular formula is C84H128ClF3N16O16. The monoisotopic (exact) mass is 1710 g/mol. The number of carbonyl (C=O) groups excluding carboxylic acids is 14. The predicted octanol–water partition coefficient (Wildman–Crippen LogP) is 7.52. The molecular weight excluding hydrogens is 1580 g/mol. The van der Waals surface area contributed by atoms with Crippen molar-refractivity contribution in [3.05, 3.63) is 77.1 Å². The van der Waals surface area contributed by atoms with Crippen LogP contribution in [-0.2, 0) is 63.7 Å². The van der Waals surface area contributed by atoms with Crippen LogP contribution in [0.25, 0.3) is 0 Å². The lowest BCUT2D eigenvalue weighted by atomic mass is 9.90. The summed E-state index contributed by atoms with van der Waals surface area (Å²) in [4.78, 5) is 214. The van der Waals surface area contributed by atoms with Crippen LogP contribution in [0.2, 0.25) is 5.02 Å². The summed E-state index contributed by atoms with van der Waals surface area (Å²) in [5.41, 5.74) is -1.05. The highest BCUT2D eigenvalue weighted by Crippen LogP contribution is 2.37. The molecule has 1 aromatic heterocycles. The number of rotatable bonds is 25. The minimum atomic E-state index is -4.74. The number of carbonyl (C=O) groups is 14.